The van der Waals surface area contributed by atoms with Crippen LogP contribution in [0.15, 0.2) is 33.7 Å². The first-order valence-corrected chi connectivity index (χ1v) is 4.90. The Balaban J connectivity index is 3.19. The lowest BCUT2D eigenvalue weighted by atomic mass is 10.3. The lowest BCUT2D eigenvalue weighted by molar-refractivity contribution is 0.495. The number of aliphatic hydroxyl groups is 1. The minimum Gasteiger partial charge on any atom is -0.510 e. The molecule has 0 spiro atoms. The van der Waals surface area contributed by atoms with Crippen LogP contribution >= 0.6 is 15.9 Å². The van der Waals surface area contributed by atoms with E-state index in [1.54, 1.807) is 16.7 Å². The third-order valence-electron chi connectivity index (χ3n) is 2.07. The highest BCUT2D eigenvalue weighted by atomic mass is 79.9. The molecule has 0 bridgehead atoms. The van der Waals surface area contributed by atoms with Gasteiger partial charge < -0.3 is 9.51 Å². The van der Waals surface area contributed by atoms with Crippen molar-refractivity contribution in [1.82, 2.24) is 4.40 Å². The topological polar surface area (TPSA) is 41.7 Å². The van der Waals surface area contributed by atoms with Crippen molar-refractivity contribution in [2.24, 2.45) is 0 Å². The fourth-order valence-electron chi connectivity index (χ4n) is 1.47. The van der Waals surface area contributed by atoms with Crippen molar-refractivity contribution in [3.8, 4) is 0 Å². The molecule has 1 N–H and O–H groups in total. The number of aliphatic hydroxyl groups excluding tert-OH is 1. The van der Waals surface area contributed by atoms with Crippen molar-refractivity contribution in [3.63, 3.8) is 0 Å². The Morgan fingerprint density at radius 2 is 2.29 bits per heavy atom. The Morgan fingerprint density at radius 3 is 2.93 bits per heavy atom. The lowest BCUT2D eigenvalue weighted by Crippen LogP contribution is -2.33. The molecular formula is C10H8BrNO2. The Labute approximate surface area is 88.4 Å². The van der Waals surface area contributed by atoms with Gasteiger partial charge in [0.05, 0.1) is 4.47 Å². The zero-order valence-electron chi connectivity index (χ0n) is 7.49. The summed E-state index contributed by atoms with van der Waals surface area (Å²) in [5, 5.41) is 9.73. The van der Waals surface area contributed by atoms with Gasteiger partial charge in [0.15, 0.2) is 0 Å². The van der Waals surface area contributed by atoms with Crippen molar-refractivity contribution < 1.29 is 5.11 Å². The van der Waals surface area contributed by atoms with Gasteiger partial charge in [-0.15, -0.1) is 0 Å². The van der Waals surface area contributed by atoms with Crippen LogP contribution in [0.4, 0.5) is 0 Å². The quantitative estimate of drug-likeness (QED) is 0.773. The van der Waals surface area contributed by atoms with Gasteiger partial charge in [-0.1, -0.05) is 0 Å². The maximum atomic E-state index is 11.7. The molecule has 0 saturated heterocycles. The van der Waals surface area contributed by atoms with Gasteiger partial charge in [-0.2, -0.15) is 0 Å². The van der Waals surface area contributed by atoms with Gasteiger partial charge in [-0.25, -0.2) is 0 Å². The molecule has 0 saturated carbocycles. The molecule has 0 unspecified atom stereocenters. The predicted octanol–water partition coefficient (Wildman–Crippen LogP) is 1.47. The molecule has 0 amide bonds. The second-order valence-electron chi connectivity index (χ2n) is 3.06. The molecule has 0 aromatic carbocycles. The van der Waals surface area contributed by atoms with Crippen molar-refractivity contribution >= 4 is 27.2 Å². The van der Waals surface area contributed by atoms with Crippen molar-refractivity contribution in [1.29, 1.82) is 0 Å². The number of pyridine rings is 1. The average Bonchev–Trinajstić information content (AvgIpc) is 2.52. The summed E-state index contributed by atoms with van der Waals surface area (Å²) in [5.41, 5.74) is 0.675. The van der Waals surface area contributed by atoms with E-state index >= 15 is 0 Å². The number of halogens is 1. The first-order chi connectivity index (χ1) is 6.61. The Hall–Kier alpha value is -1.29. The summed E-state index contributed by atoms with van der Waals surface area (Å²) in [4.78, 5) is 11.7. The van der Waals surface area contributed by atoms with Crippen molar-refractivity contribution in [2.75, 3.05) is 0 Å². The first-order valence-electron chi connectivity index (χ1n) is 4.10. The van der Waals surface area contributed by atoms with Crippen LogP contribution in [-0.2, 0) is 0 Å². The van der Waals surface area contributed by atoms with Crippen LogP contribution in [0.1, 0.15) is 6.92 Å². The highest BCUT2D eigenvalue weighted by Gasteiger charge is 2.04. The van der Waals surface area contributed by atoms with E-state index in [4.69, 9.17) is 0 Å². The van der Waals surface area contributed by atoms with Crippen molar-refractivity contribution in [2.45, 2.75) is 6.92 Å². The highest BCUT2D eigenvalue weighted by Crippen LogP contribution is 2.07. The number of hydrogen-bond acceptors (Lipinski definition) is 2. The molecule has 3 nitrogen and oxygen atoms in total. The lowest BCUT2D eigenvalue weighted by Gasteiger charge is -1.98. The van der Waals surface area contributed by atoms with E-state index < -0.39 is 0 Å². The van der Waals surface area contributed by atoms with Gasteiger partial charge in [0, 0.05) is 11.7 Å². The molecule has 0 aliphatic carbocycles. The standard InChI is InChI=1S/C10H8BrNO2/c1-6(13)9-10(14)8(11)5-7-3-2-4-12(7)9/h2-5,13H,1H3/b9-6-. The van der Waals surface area contributed by atoms with Crippen LogP contribution in [0, 0.1) is 0 Å². The van der Waals surface area contributed by atoms with Gasteiger partial charge >= 0.3 is 0 Å². The van der Waals surface area contributed by atoms with Gasteiger partial charge in [0.25, 0.3) is 0 Å². The van der Waals surface area contributed by atoms with E-state index in [-0.39, 0.29) is 11.2 Å². The molecule has 2 aromatic rings. The van der Waals surface area contributed by atoms with Crippen LogP contribution in [0.5, 0.6) is 0 Å². The summed E-state index contributed by atoms with van der Waals surface area (Å²) in [7, 11) is 0. The third kappa shape index (κ3) is 1.23. The normalized spacial score (nSPS) is 13.3. The molecular weight excluding hydrogens is 246 g/mol. The summed E-state index contributed by atoms with van der Waals surface area (Å²) >= 11 is 3.17. The van der Waals surface area contributed by atoms with Crippen LogP contribution in [-0.4, -0.2) is 9.51 Å². The van der Waals surface area contributed by atoms with Crippen molar-refractivity contribution in [3.05, 3.63) is 44.4 Å². The van der Waals surface area contributed by atoms with E-state index in [0.29, 0.717) is 9.82 Å². The predicted molar refractivity (Wildman–Crippen MR) is 58.3 cm³/mol. The fourth-order valence-corrected chi connectivity index (χ4v) is 1.89. The molecule has 0 aliphatic rings. The highest BCUT2D eigenvalue weighted by molar-refractivity contribution is 9.10. The summed E-state index contributed by atoms with van der Waals surface area (Å²) in [6.45, 7) is 1.50. The molecule has 2 aromatic heterocycles. The van der Waals surface area contributed by atoms with E-state index in [9.17, 15) is 9.90 Å². The SMILES string of the molecule is C/C(O)=c1\c(=O)c(Br)cc2cccn12. The van der Waals surface area contributed by atoms with E-state index in [2.05, 4.69) is 15.9 Å². The number of rotatable bonds is 0. The average molecular weight is 254 g/mol. The molecule has 4 heteroatoms. The Kier molecular flexibility index (Phi) is 2.07. The molecule has 2 heterocycles. The number of aromatic nitrogens is 1. The van der Waals surface area contributed by atoms with E-state index in [0.717, 1.165) is 5.52 Å². The number of hydrogen-bond donors (Lipinski definition) is 1. The second kappa shape index (κ2) is 3.13. The summed E-state index contributed by atoms with van der Waals surface area (Å²) in [6.07, 6.45) is 1.75. The third-order valence-corrected chi connectivity index (χ3v) is 2.66. The molecule has 0 aliphatic heterocycles. The Bertz CT molecular complexity index is 596. The molecule has 0 fully saturated rings. The number of fused-ring (bicyclic) bond motifs is 1. The Morgan fingerprint density at radius 1 is 1.57 bits per heavy atom. The molecule has 14 heavy (non-hydrogen) atoms. The van der Waals surface area contributed by atoms with E-state index in [1.807, 2.05) is 12.1 Å². The smallest absolute Gasteiger partial charge is 0.220 e. The summed E-state index contributed by atoms with van der Waals surface area (Å²) < 4.78 is 2.13. The number of nitrogens with zero attached hydrogens (tertiary/aromatic N) is 1. The maximum absolute atomic E-state index is 11.7. The maximum Gasteiger partial charge on any atom is 0.220 e. The summed E-state index contributed by atoms with van der Waals surface area (Å²) in [6, 6.07) is 5.43. The minimum absolute atomic E-state index is 0.0255. The largest absolute Gasteiger partial charge is 0.510 e. The first kappa shape index (κ1) is 9.27. The fraction of sp³-hybridized carbons (Fsp3) is 0.100. The van der Waals surface area contributed by atoms with Crippen LogP contribution in [0.3, 0.4) is 0 Å². The molecule has 0 radical (unpaired) electrons. The zero-order chi connectivity index (χ0) is 10.3. The molecule has 72 valence electrons. The summed E-state index contributed by atoms with van der Waals surface area (Å²) in [5.74, 6) is 0.0255. The van der Waals surface area contributed by atoms with Gasteiger partial charge in [-0.05, 0) is 41.1 Å². The molecule has 2 rings (SSSR count). The van der Waals surface area contributed by atoms with Gasteiger partial charge in [-0.3, -0.25) is 4.79 Å². The zero-order valence-corrected chi connectivity index (χ0v) is 9.08. The van der Waals surface area contributed by atoms with E-state index in [1.165, 1.54) is 6.92 Å². The monoisotopic (exact) mass is 253 g/mol. The van der Waals surface area contributed by atoms with Gasteiger partial charge in [0.1, 0.15) is 11.1 Å². The van der Waals surface area contributed by atoms with Crippen LogP contribution in [0.25, 0.3) is 11.3 Å². The van der Waals surface area contributed by atoms with Crippen LogP contribution in [0.2, 0.25) is 0 Å². The van der Waals surface area contributed by atoms with Gasteiger partial charge in [0.2, 0.25) is 5.43 Å². The van der Waals surface area contributed by atoms with Crippen LogP contribution < -0.4 is 10.8 Å². The molecule has 0 atom stereocenters. The second-order valence-corrected chi connectivity index (χ2v) is 3.91. The minimum atomic E-state index is -0.200.